The second-order valence-corrected chi connectivity index (χ2v) is 9.11. The van der Waals surface area contributed by atoms with E-state index in [0.717, 1.165) is 0 Å². The number of aromatic nitrogens is 2. The maximum Gasteiger partial charge on any atom is 0.196 e. The van der Waals surface area contributed by atoms with Crippen molar-refractivity contribution < 1.29 is 14.0 Å². The van der Waals surface area contributed by atoms with Crippen LogP contribution < -0.4 is 0 Å². The second-order valence-electron chi connectivity index (χ2n) is 7.32. The Balaban J connectivity index is 1.83. The maximum absolute atomic E-state index is 14.4. The summed E-state index contributed by atoms with van der Waals surface area (Å²) in [6, 6.07) is 4.88. The minimum atomic E-state index is -0.491. The summed E-state index contributed by atoms with van der Waals surface area (Å²) in [5.74, 6) is -1.95. The Morgan fingerprint density at radius 1 is 1.03 bits per heavy atom. The number of halogens is 1. The third kappa shape index (κ3) is 3.80. The maximum atomic E-state index is 14.4. The van der Waals surface area contributed by atoms with Crippen molar-refractivity contribution in [2.24, 2.45) is 11.8 Å². The van der Waals surface area contributed by atoms with Crippen molar-refractivity contribution in [3.05, 3.63) is 68.3 Å². The van der Waals surface area contributed by atoms with Gasteiger partial charge in [0.05, 0.1) is 0 Å². The summed E-state index contributed by atoms with van der Waals surface area (Å²) in [5, 5.41) is 4.37. The SMILES string of the molecule is Cc1c(F)cccc1C1[C@@H](C(=O)c2nccs2)CN(C)C[C@@H]1C(=O)c1nccs1. The third-order valence-electron chi connectivity index (χ3n) is 5.51. The van der Waals surface area contributed by atoms with E-state index in [1.54, 1.807) is 36.1 Å². The van der Waals surface area contributed by atoms with Crippen LogP contribution in [0.25, 0.3) is 0 Å². The van der Waals surface area contributed by atoms with Crippen LogP contribution in [0.4, 0.5) is 4.39 Å². The first-order valence-corrected chi connectivity index (χ1v) is 11.0. The molecule has 5 nitrogen and oxygen atoms in total. The molecule has 150 valence electrons. The molecular weight excluding hydrogens is 409 g/mol. The number of likely N-dealkylation sites (tertiary alicyclic amines) is 1. The van der Waals surface area contributed by atoms with E-state index in [2.05, 4.69) is 9.97 Å². The number of carbonyl (C=O) groups is 2. The van der Waals surface area contributed by atoms with Gasteiger partial charge in [-0.1, -0.05) is 12.1 Å². The standard InChI is InChI=1S/C21H20FN3O2S2/c1-12-13(4-3-5-16(12)22)17-14(18(26)20-23-6-8-28-20)10-25(2)11-15(17)19(27)21-24-7-9-29-21/h3-9,14-15,17H,10-11H2,1-2H3/t14-,15-/m0/s1. The minimum Gasteiger partial charge on any atom is -0.305 e. The normalized spacial score (nSPS) is 20.7. The van der Waals surface area contributed by atoms with Gasteiger partial charge < -0.3 is 4.90 Å². The molecule has 2 atom stereocenters. The first-order valence-electron chi connectivity index (χ1n) is 9.28. The fourth-order valence-corrected chi connectivity index (χ4v) is 5.45. The quantitative estimate of drug-likeness (QED) is 0.572. The molecule has 3 heterocycles. The predicted octanol–water partition coefficient (Wildman–Crippen LogP) is 4.07. The molecule has 4 rings (SSSR count). The van der Waals surface area contributed by atoms with Crippen LogP contribution in [-0.4, -0.2) is 46.6 Å². The monoisotopic (exact) mass is 429 g/mol. The zero-order valence-corrected chi connectivity index (χ0v) is 17.7. The molecule has 0 aliphatic carbocycles. The third-order valence-corrected chi connectivity index (χ3v) is 7.09. The van der Waals surface area contributed by atoms with Crippen molar-refractivity contribution in [3.8, 4) is 0 Å². The van der Waals surface area contributed by atoms with Gasteiger partial charge in [0.2, 0.25) is 0 Å². The number of piperidine rings is 1. The number of benzene rings is 1. The summed E-state index contributed by atoms with van der Waals surface area (Å²) >= 11 is 2.58. The second kappa shape index (κ2) is 8.22. The van der Waals surface area contributed by atoms with Crippen molar-refractivity contribution in [2.75, 3.05) is 20.1 Å². The van der Waals surface area contributed by atoms with E-state index in [9.17, 15) is 14.0 Å². The van der Waals surface area contributed by atoms with Gasteiger partial charge in [0.15, 0.2) is 21.6 Å². The zero-order valence-electron chi connectivity index (χ0n) is 16.0. The summed E-state index contributed by atoms with van der Waals surface area (Å²) < 4.78 is 14.4. The van der Waals surface area contributed by atoms with Crippen molar-refractivity contribution >= 4 is 34.2 Å². The molecule has 3 aromatic rings. The van der Waals surface area contributed by atoms with Crippen molar-refractivity contribution in [2.45, 2.75) is 12.8 Å². The van der Waals surface area contributed by atoms with Gasteiger partial charge in [0.25, 0.3) is 0 Å². The van der Waals surface area contributed by atoms with Crippen LogP contribution in [0.2, 0.25) is 0 Å². The summed E-state index contributed by atoms with van der Waals surface area (Å²) in [6.45, 7) is 2.68. The fraction of sp³-hybridized carbons (Fsp3) is 0.333. The van der Waals surface area contributed by atoms with Crippen LogP contribution in [0.3, 0.4) is 0 Å². The molecule has 1 aromatic carbocycles. The largest absolute Gasteiger partial charge is 0.305 e. The van der Waals surface area contributed by atoms with Crippen molar-refractivity contribution in [3.63, 3.8) is 0 Å². The van der Waals surface area contributed by atoms with Gasteiger partial charge in [-0.05, 0) is 31.2 Å². The number of Topliss-reactive ketones (excluding diaryl/α,β-unsaturated/α-hetero) is 2. The molecule has 0 radical (unpaired) electrons. The highest BCUT2D eigenvalue weighted by Gasteiger charge is 2.45. The molecule has 0 bridgehead atoms. The van der Waals surface area contributed by atoms with E-state index in [-0.39, 0.29) is 17.4 Å². The van der Waals surface area contributed by atoms with E-state index < -0.39 is 17.8 Å². The van der Waals surface area contributed by atoms with E-state index in [0.29, 0.717) is 34.2 Å². The minimum absolute atomic E-state index is 0.0999. The number of thiazole rings is 2. The van der Waals surface area contributed by atoms with Crippen LogP contribution in [0.15, 0.2) is 41.4 Å². The number of hydrogen-bond donors (Lipinski definition) is 0. The Morgan fingerprint density at radius 2 is 1.59 bits per heavy atom. The molecule has 0 amide bonds. The van der Waals surface area contributed by atoms with E-state index >= 15 is 0 Å². The number of ketones is 2. The van der Waals surface area contributed by atoms with Gasteiger partial charge in [0.1, 0.15) is 5.82 Å². The highest BCUT2D eigenvalue weighted by atomic mass is 32.1. The molecular formula is C21H20FN3O2S2. The van der Waals surface area contributed by atoms with Gasteiger partial charge in [-0.3, -0.25) is 9.59 Å². The van der Waals surface area contributed by atoms with Crippen LogP contribution in [0.5, 0.6) is 0 Å². The van der Waals surface area contributed by atoms with E-state index in [1.807, 2.05) is 18.0 Å². The van der Waals surface area contributed by atoms with E-state index in [4.69, 9.17) is 0 Å². The molecule has 1 saturated heterocycles. The Bertz CT molecular complexity index is 964. The fourth-order valence-electron chi connectivity index (χ4n) is 4.17. The first-order chi connectivity index (χ1) is 14.0. The molecule has 2 aromatic heterocycles. The first kappa shape index (κ1) is 20.0. The lowest BCUT2D eigenvalue weighted by Crippen LogP contribution is -2.49. The molecule has 0 saturated carbocycles. The van der Waals surface area contributed by atoms with Gasteiger partial charge >= 0.3 is 0 Å². The average molecular weight is 430 g/mol. The van der Waals surface area contributed by atoms with Crippen molar-refractivity contribution in [1.82, 2.24) is 14.9 Å². The van der Waals surface area contributed by atoms with Crippen LogP contribution in [0, 0.1) is 24.6 Å². The van der Waals surface area contributed by atoms with Crippen LogP contribution >= 0.6 is 22.7 Å². The smallest absolute Gasteiger partial charge is 0.196 e. The summed E-state index contributed by atoms with van der Waals surface area (Å²) in [7, 11) is 1.90. The Morgan fingerprint density at radius 3 is 2.07 bits per heavy atom. The molecule has 1 aliphatic rings. The zero-order chi connectivity index (χ0) is 20.5. The van der Waals surface area contributed by atoms with Gasteiger partial charge in [0, 0.05) is 54.0 Å². The Labute approximate surface area is 176 Å². The summed E-state index contributed by atoms with van der Waals surface area (Å²) in [4.78, 5) is 37.1. The molecule has 29 heavy (non-hydrogen) atoms. The molecule has 1 fully saturated rings. The number of rotatable bonds is 5. The molecule has 8 heteroatoms. The molecule has 0 N–H and O–H groups in total. The van der Waals surface area contributed by atoms with Crippen LogP contribution in [-0.2, 0) is 0 Å². The summed E-state index contributed by atoms with van der Waals surface area (Å²) in [5.41, 5.74) is 1.19. The number of carbonyl (C=O) groups excluding carboxylic acids is 2. The van der Waals surface area contributed by atoms with Gasteiger partial charge in [-0.15, -0.1) is 22.7 Å². The van der Waals surface area contributed by atoms with Crippen molar-refractivity contribution in [1.29, 1.82) is 0 Å². The van der Waals surface area contributed by atoms with E-state index in [1.165, 1.54) is 28.7 Å². The average Bonchev–Trinajstić information content (AvgIpc) is 3.43. The molecule has 1 aliphatic heterocycles. The Hall–Kier alpha value is -2.29. The highest BCUT2D eigenvalue weighted by Crippen LogP contribution is 2.42. The number of hydrogen-bond acceptors (Lipinski definition) is 7. The summed E-state index contributed by atoms with van der Waals surface area (Å²) in [6.07, 6.45) is 3.20. The highest BCUT2D eigenvalue weighted by molar-refractivity contribution is 7.12. The topological polar surface area (TPSA) is 63.2 Å². The lowest BCUT2D eigenvalue weighted by Gasteiger charge is -2.41. The molecule has 0 unspecified atom stereocenters. The Kier molecular flexibility index (Phi) is 5.67. The lowest BCUT2D eigenvalue weighted by molar-refractivity contribution is 0.0622. The predicted molar refractivity (Wildman–Crippen MR) is 111 cm³/mol. The van der Waals surface area contributed by atoms with Gasteiger partial charge in [-0.2, -0.15) is 0 Å². The lowest BCUT2D eigenvalue weighted by atomic mass is 9.69. The number of nitrogens with zero attached hydrogens (tertiary/aromatic N) is 3. The van der Waals surface area contributed by atoms with Crippen LogP contribution in [0.1, 0.15) is 36.6 Å². The molecule has 0 spiro atoms. The van der Waals surface area contributed by atoms with Gasteiger partial charge in [-0.25, -0.2) is 14.4 Å².